The molecule has 0 bridgehead atoms. The molecule has 0 radical (unpaired) electrons. The van der Waals surface area contributed by atoms with Crippen molar-refractivity contribution in [1.82, 2.24) is 15.1 Å². The van der Waals surface area contributed by atoms with Gasteiger partial charge in [0.1, 0.15) is 6.61 Å². The largest absolute Gasteiger partial charge is 0.390 e. The van der Waals surface area contributed by atoms with Crippen molar-refractivity contribution >= 4 is 0 Å². The average Bonchev–Trinajstić information content (AvgIpc) is 2.60. The summed E-state index contributed by atoms with van der Waals surface area (Å²) in [6.07, 6.45) is 0.820. The summed E-state index contributed by atoms with van der Waals surface area (Å²) in [6.45, 7) is 0.639. The second kappa shape index (κ2) is 5.36. The number of hydrogen-bond acceptors (Lipinski definition) is 3. The van der Waals surface area contributed by atoms with Crippen LogP contribution in [-0.2, 0) is 20.0 Å². The molecular formula is C10H17F2N3O. The SMILES string of the molecule is CCc1cc(CNCC(F)(F)CO)n(C)n1. The van der Waals surface area contributed by atoms with Gasteiger partial charge in [-0.05, 0) is 12.5 Å². The lowest BCUT2D eigenvalue weighted by Crippen LogP contribution is -2.35. The topological polar surface area (TPSA) is 50.1 Å². The highest BCUT2D eigenvalue weighted by molar-refractivity contribution is 5.09. The summed E-state index contributed by atoms with van der Waals surface area (Å²) in [7, 11) is 1.78. The molecule has 0 aliphatic heterocycles. The van der Waals surface area contributed by atoms with Crippen LogP contribution in [0.4, 0.5) is 8.78 Å². The summed E-state index contributed by atoms with van der Waals surface area (Å²) >= 11 is 0. The first-order chi connectivity index (χ1) is 7.48. The minimum Gasteiger partial charge on any atom is -0.390 e. The monoisotopic (exact) mass is 233 g/mol. The molecule has 1 heterocycles. The number of alkyl halides is 2. The molecule has 0 spiro atoms. The highest BCUT2D eigenvalue weighted by Crippen LogP contribution is 2.10. The van der Waals surface area contributed by atoms with E-state index in [1.807, 2.05) is 13.0 Å². The van der Waals surface area contributed by atoms with E-state index in [0.717, 1.165) is 17.8 Å². The Balaban J connectivity index is 2.45. The maximum atomic E-state index is 12.7. The first-order valence-electron chi connectivity index (χ1n) is 5.19. The van der Waals surface area contributed by atoms with Crippen LogP contribution in [0, 0.1) is 0 Å². The van der Waals surface area contributed by atoms with Crippen LogP contribution in [0.5, 0.6) is 0 Å². The first-order valence-corrected chi connectivity index (χ1v) is 5.19. The smallest absolute Gasteiger partial charge is 0.282 e. The molecule has 0 aliphatic rings. The number of aliphatic hydroxyl groups is 1. The highest BCUT2D eigenvalue weighted by atomic mass is 19.3. The fourth-order valence-electron chi connectivity index (χ4n) is 1.34. The van der Waals surface area contributed by atoms with Crippen molar-refractivity contribution in [3.63, 3.8) is 0 Å². The number of hydrogen-bond donors (Lipinski definition) is 2. The third kappa shape index (κ3) is 3.53. The minimum absolute atomic E-state index is 0.319. The summed E-state index contributed by atoms with van der Waals surface area (Å²) < 4.78 is 27.1. The van der Waals surface area contributed by atoms with E-state index in [1.165, 1.54) is 0 Å². The molecule has 0 unspecified atom stereocenters. The van der Waals surface area contributed by atoms with Gasteiger partial charge in [-0.3, -0.25) is 4.68 Å². The van der Waals surface area contributed by atoms with E-state index >= 15 is 0 Å². The molecule has 1 aromatic rings. The third-order valence-electron chi connectivity index (χ3n) is 2.31. The number of nitrogens with zero attached hydrogens (tertiary/aromatic N) is 2. The summed E-state index contributed by atoms with van der Waals surface area (Å²) in [5, 5.41) is 15.2. The molecule has 4 nitrogen and oxygen atoms in total. The highest BCUT2D eigenvalue weighted by Gasteiger charge is 2.26. The molecule has 0 aromatic carbocycles. The van der Waals surface area contributed by atoms with E-state index in [9.17, 15) is 8.78 Å². The first kappa shape index (κ1) is 13.1. The molecule has 0 saturated carbocycles. The van der Waals surface area contributed by atoms with Crippen LogP contribution < -0.4 is 5.32 Å². The van der Waals surface area contributed by atoms with E-state index in [4.69, 9.17) is 5.11 Å². The van der Waals surface area contributed by atoms with Crippen LogP contribution in [0.25, 0.3) is 0 Å². The van der Waals surface area contributed by atoms with E-state index in [2.05, 4.69) is 10.4 Å². The molecule has 0 saturated heterocycles. The number of rotatable bonds is 6. The van der Waals surface area contributed by atoms with E-state index in [1.54, 1.807) is 11.7 Å². The van der Waals surface area contributed by atoms with Gasteiger partial charge in [-0.15, -0.1) is 0 Å². The van der Waals surface area contributed by atoms with Crippen molar-refractivity contribution < 1.29 is 13.9 Å². The number of aliphatic hydroxyl groups excluding tert-OH is 1. The van der Waals surface area contributed by atoms with Crippen LogP contribution in [-0.4, -0.2) is 34.0 Å². The standard InChI is InChI=1S/C10H17F2N3O/c1-3-8-4-9(15(2)14-8)5-13-6-10(11,12)7-16/h4,13,16H,3,5-7H2,1-2H3. The predicted molar refractivity (Wildman–Crippen MR) is 56.3 cm³/mol. The van der Waals surface area contributed by atoms with Crippen LogP contribution in [0.2, 0.25) is 0 Å². The van der Waals surface area contributed by atoms with Gasteiger partial charge in [-0.25, -0.2) is 8.78 Å². The summed E-state index contributed by atoms with van der Waals surface area (Å²) in [5.74, 6) is -3.06. The second-order valence-electron chi connectivity index (χ2n) is 3.72. The Labute approximate surface area is 93.3 Å². The van der Waals surface area contributed by atoms with E-state index in [-0.39, 0.29) is 0 Å². The summed E-state index contributed by atoms with van der Waals surface area (Å²) in [6, 6.07) is 1.88. The van der Waals surface area contributed by atoms with Crippen molar-refractivity contribution in [2.45, 2.75) is 25.8 Å². The van der Waals surface area contributed by atoms with Crippen LogP contribution >= 0.6 is 0 Å². The molecule has 2 N–H and O–H groups in total. The lowest BCUT2D eigenvalue weighted by Gasteiger charge is -2.13. The van der Waals surface area contributed by atoms with Gasteiger partial charge in [-0.2, -0.15) is 5.10 Å². The van der Waals surface area contributed by atoms with E-state index in [0.29, 0.717) is 6.54 Å². The van der Waals surface area contributed by atoms with Gasteiger partial charge in [0.05, 0.1) is 17.9 Å². The molecule has 6 heteroatoms. The van der Waals surface area contributed by atoms with Crippen molar-refractivity contribution in [1.29, 1.82) is 0 Å². The van der Waals surface area contributed by atoms with Gasteiger partial charge < -0.3 is 10.4 Å². The maximum absolute atomic E-state index is 12.7. The number of aromatic nitrogens is 2. The lowest BCUT2D eigenvalue weighted by molar-refractivity contribution is -0.0478. The minimum atomic E-state index is -3.06. The quantitative estimate of drug-likeness (QED) is 0.760. The third-order valence-corrected chi connectivity index (χ3v) is 2.31. The zero-order valence-corrected chi connectivity index (χ0v) is 9.50. The van der Waals surface area contributed by atoms with Crippen molar-refractivity contribution in [2.24, 2.45) is 7.05 Å². The van der Waals surface area contributed by atoms with Gasteiger partial charge in [0.15, 0.2) is 0 Å². The average molecular weight is 233 g/mol. The molecule has 0 fully saturated rings. The number of nitrogens with one attached hydrogen (secondary N) is 1. The zero-order valence-electron chi connectivity index (χ0n) is 9.50. The summed E-state index contributed by atoms with van der Waals surface area (Å²) in [5.41, 5.74) is 1.79. The van der Waals surface area contributed by atoms with Crippen molar-refractivity contribution in [2.75, 3.05) is 13.2 Å². The van der Waals surface area contributed by atoms with Gasteiger partial charge in [0.25, 0.3) is 5.92 Å². The Morgan fingerprint density at radius 1 is 1.56 bits per heavy atom. The molecule has 16 heavy (non-hydrogen) atoms. The molecular weight excluding hydrogens is 216 g/mol. The fraction of sp³-hybridized carbons (Fsp3) is 0.700. The van der Waals surface area contributed by atoms with Gasteiger partial charge in [-0.1, -0.05) is 6.92 Å². The van der Waals surface area contributed by atoms with Crippen LogP contribution in [0.15, 0.2) is 6.07 Å². The Bertz CT molecular complexity index is 339. The second-order valence-corrected chi connectivity index (χ2v) is 3.72. The molecule has 1 rings (SSSR count). The Morgan fingerprint density at radius 3 is 2.75 bits per heavy atom. The van der Waals surface area contributed by atoms with E-state index < -0.39 is 19.1 Å². The van der Waals surface area contributed by atoms with Crippen LogP contribution in [0.1, 0.15) is 18.3 Å². The van der Waals surface area contributed by atoms with Gasteiger partial charge in [0.2, 0.25) is 0 Å². The van der Waals surface area contributed by atoms with Crippen molar-refractivity contribution in [3.05, 3.63) is 17.5 Å². The zero-order chi connectivity index (χ0) is 12.2. The molecule has 0 atom stereocenters. The Kier molecular flexibility index (Phi) is 4.37. The lowest BCUT2D eigenvalue weighted by atomic mass is 10.3. The molecule has 0 amide bonds. The van der Waals surface area contributed by atoms with Crippen molar-refractivity contribution in [3.8, 4) is 0 Å². The molecule has 92 valence electrons. The summed E-state index contributed by atoms with van der Waals surface area (Å²) in [4.78, 5) is 0. The fourth-order valence-corrected chi connectivity index (χ4v) is 1.34. The van der Waals surface area contributed by atoms with Gasteiger partial charge >= 0.3 is 0 Å². The maximum Gasteiger partial charge on any atom is 0.282 e. The van der Waals surface area contributed by atoms with Gasteiger partial charge in [0, 0.05) is 13.6 Å². The number of halogens is 2. The van der Waals surface area contributed by atoms with Crippen LogP contribution in [0.3, 0.4) is 0 Å². The Hall–Kier alpha value is -1.01. The normalized spacial score (nSPS) is 12.1. The molecule has 1 aromatic heterocycles. The Morgan fingerprint density at radius 2 is 2.25 bits per heavy atom. The predicted octanol–water partition coefficient (Wildman–Crippen LogP) is 0.700. The number of aryl methyl sites for hydroxylation is 2. The molecule has 0 aliphatic carbocycles.